The quantitative estimate of drug-likeness (QED) is 0.447. The molecule has 3 aromatic carbocycles. The summed E-state index contributed by atoms with van der Waals surface area (Å²) in [6.07, 6.45) is 1.37. The summed E-state index contributed by atoms with van der Waals surface area (Å²) in [5, 5.41) is 2.89. The van der Waals surface area contributed by atoms with Crippen LogP contribution in [0.25, 0.3) is 11.3 Å². The fraction of sp³-hybridized carbons (Fsp3) is 0.0800. The molecule has 1 N–H and O–H groups in total. The minimum Gasteiger partial charge on any atom is -0.497 e. The fourth-order valence-electron chi connectivity index (χ4n) is 3.06. The van der Waals surface area contributed by atoms with Crippen LogP contribution in [0.4, 0.5) is 4.39 Å². The van der Waals surface area contributed by atoms with Crippen molar-refractivity contribution in [2.75, 3.05) is 7.11 Å². The number of hydrogen-bond acceptors (Lipinski definition) is 5. The van der Waals surface area contributed by atoms with E-state index in [-0.39, 0.29) is 11.7 Å². The molecule has 0 saturated carbocycles. The molecular formula is C25H20FN3O3. The molecule has 0 radical (unpaired) electrons. The molecule has 0 fully saturated rings. The van der Waals surface area contributed by atoms with Crippen LogP contribution in [0.5, 0.6) is 17.4 Å². The van der Waals surface area contributed by atoms with Crippen LogP contribution in [0.2, 0.25) is 0 Å². The summed E-state index contributed by atoms with van der Waals surface area (Å²) in [6, 6.07) is 22.0. The zero-order chi connectivity index (χ0) is 22.3. The van der Waals surface area contributed by atoms with E-state index in [1.165, 1.54) is 18.5 Å². The summed E-state index contributed by atoms with van der Waals surface area (Å²) >= 11 is 0. The van der Waals surface area contributed by atoms with Gasteiger partial charge < -0.3 is 14.8 Å². The summed E-state index contributed by atoms with van der Waals surface area (Å²) in [4.78, 5) is 20.9. The summed E-state index contributed by atoms with van der Waals surface area (Å²) in [7, 11) is 1.60. The van der Waals surface area contributed by atoms with Crippen molar-refractivity contribution in [2.24, 2.45) is 0 Å². The minimum atomic E-state index is -0.319. The number of rotatable bonds is 7. The predicted molar refractivity (Wildman–Crippen MR) is 118 cm³/mol. The van der Waals surface area contributed by atoms with E-state index >= 15 is 0 Å². The monoisotopic (exact) mass is 429 g/mol. The van der Waals surface area contributed by atoms with Crippen LogP contribution in [0.3, 0.4) is 0 Å². The van der Waals surface area contributed by atoms with E-state index in [0.717, 1.165) is 16.9 Å². The second kappa shape index (κ2) is 9.70. The zero-order valence-electron chi connectivity index (χ0n) is 17.3. The van der Waals surface area contributed by atoms with Gasteiger partial charge in [-0.2, -0.15) is 0 Å². The molecule has 6 nitrogen and oxygen atoms in total. The van der Waals surface area contributed by atoms with Gasteiger partial charge in [0, 0.05) is 23.7 Å². The molecule has 1 aromatic heterocycles. The Morgan fingerprint density at radius 1 is 0.938 bits per heavy atom. The number of carbonyl (C=O) groups excluding carboxylic acids is 1. The summed E-state index contributed by atoms with van der Waals surface area (Å²) in [5.74, 6) is 0.960. The second-order valence-electron chi connectivity index (χ2n) is 6.91. The van der Waals surface area contributed by atoms with Gasteiger partial charge in [-0.15, -0.1) is 0 Å². The Morgan fingerprint density at radius 2 is 1.72 bits per heavy atom. The lowest BCUT2D eigenvalue weighted by Gasteiger charge is -2.09. The van der Waals surface area contributed by atoms with E-state index in [4.69, 9.17) is 9.47 Å². The van der Waals surface area contributed by atoms with Crippen LogP contribution in [0, 0.1) is 5.82 Å². The first-order valence-electron chi connectivity index (χ1n) is 9.88. The summed E-state index contributed by atoms with van der Waals surface area (Å²) < 4.78 is 24.2. The van der Waals surface area contributed by atoms with Crippen molar-refractivity contribution in [3.63, 3.8) is 0 Å². The van der Waals surface area contributed by atoms with E-state index in [0.29, 0.717) is 29.4 Å². The lowest BCUT2D eigenvalue weighted by Crippen LogP contribution is -2.22. The van der Waals surface area contributed by atoms with E-state index in [1.54, 1.807) is 49.6 Å². The van der Waals surface area contributed by atoms with Gasteiger partial charge in [-0.05, 0) is 60.2 Å². The maximum Gasteiger partial charge on any atom is 0.251 e. The number of carbonyl (C=O) groups is 1. The lowest BCUT2D eigenvalue weighted by molar-refractivity contribution is 0.0950. The van der Waals surface area contributed by atoms with Gasteiger partial charge in [0.2, 0.25) is 5.88 Å². The Hall–Kier alpha value is -4.26. The molecular weight excluding hydrogens is 409 g/mol. The number of methoxy groups -OCH3 is 1. The van der Waals surface area contributed by atoms with Gasteiger partial charge >= 0.3 is 0 Å². The van der Waals surface area contributed by atoms with Crippen molar-refractivity contribution in [1.82, 2.24) is 15.3 Å². The Bertz CT molecular complexity index is 1230. The van der Waals surface area contributed by atoms with Crippen LogP contribution in [0.15, 0.2) is 85.2 Å². The maximum atomic E-state index is 13.2. The Morgan fingerprint density at radius 3 is 2.53 bits per heavy atom. The molecule has 0 aliphatic rings. The minimum absolute atomic E-state index is 0.229. The van der Waals surface area contributed by atoms with Gasteiger partial charge in [-0.3, -0.25) is 4.79 Å². The van der Waals surface area contributed by atoms with Crippen molar-refractivity contribution in [3.05, 3.63) is 102 Å². The molecule has 0 aliphatic heterocycles. The van der Waals surface area contributed by atoms with Crippen LogP contribution in [0.1, 0.15) is 15.9 Å². The van der Waals surface area contributed by atoms with Crippen LogP contribution < -0.4 is 14.8 Å². The molecule has 0 bridgehead atoms. The zero-order valence-corrected chi connectivity index (χ0v) is 17.3. The van der Waals surface area contributed by atoms with E-state index in [9.17, 15) is 9.18 Å². The first kappa shape index (κ1) is 21.0. The van der Waals surface area contributed by atoms with Crippen molar-refractivity contribution >= 4 is 5.91 Å². The predicted octanol–water partition coefficient (Wildman–Crippen LogP) is 5.01. The van der Waals surface area contributed by atoms with Crippen molar-refractivity contribution in [3.8, 4) is 28.6 Å². The average Bonchev–Trinajstić information content (AvgIpc) is 2.83. The SMILES string of the molecule is COc1cccc(CNC(=O)c2cccc(Oc3cc(-c4ccc(F)cc4)ncn3)c2)c1. The Labute approximate surface area is 184 Å². The molecule has 7 heteroatoms. The molecule has 1 amide bonds. The number of ether oxygens (including phenoxy) is 2. The first-order valence-corrected chi connectivity index (χ1v) is 9.88. The maximum absolute atomic E-state index is 13.2. The molecule has 0 saturated heterocycles. The van der Waals surface area contributed by atoms with E-state index < -0.39 is 0 Å². The number of benzene rings is 3. The van der Waals surface area contributed by atoms with Crippen molar-refractivity contribution < 1.29 is 18.7 Å². The molecule has 1 heterocycles. The van der Waals surface area contributed by atoms with Gasteiger partial charge in [-0.25, -0.2) is 14.4 Å². The van der Waals surface area contributed by atoms with Crippen LogP contribution >= 0.6 is 0 Å². The van der Waals surface area contributed by atoms with Gasteiger partial charge in [0.15, 0.2) is 0 Å². The first-order chi connectivity index (χ1) is 15.6. The number of nitrogens with one attached hydrogen (secondary N) is 1. The molecule has 0 unspecified atom stereocenters. The smallest absolute Gasteiger partial charge is 0.251 e. The highest BCUT2D eigenvalue weighted by Crippen LogP contribution is 2.24. The average molecular weight is 429 g/mol. The van der Waals surface area contributed by atoms with E-state index in [2.05, 4.69) is 15.3 Å². The van der Waals surface area contributed by atoms with Gasteiger partial charge in [0.1, 0.15) is 23.6 Å². The van der Waals surface area contributed by atoms with Gasteiger partial charge in [0.05, 0.1) is 12.8 Å². The van der Waals surface area contributed by atoms with Gasteiger partial charge in [0.25, 0.3) is 5.91 Å². The number of nitrogens with zero attached hydrogens (tertiary/aromatic N) is 2. The summed E-state index contributed by atoms with van der Waals surface area (Å²) in [5.41, 5.74) is 2.73. The largest absolute Gasteiger partial charge is 0.497 e. The number of aromatic nitrogens is 2. The van der Waals surface area contributed by atoms with Crippen LogP contribution in [-0.2, 0) is 6.54 Å². The molecule has 4 rings (SSSR count). The highest BCUT2D eigenvalue weighted by atomic mass is 19.1. The van der Waals surface area contributed by atoms with E-state index in [1.807, 2.05) is 24.3 Å². The van der Waals surface area contributed by atoms with Crippen molar-refractivity contribution in [2.45, 2.75) is 6.54 Å². The molecule has 0 atom stereocenters. The standard InChI is InChI=1S/C25H20FN3O3/c1-31-21-6-2-4-17(12-21)15-27-25(30)19-5-3-7-22(13-19)32-24-14-23(28-16-29-24)18-8-10-20(26)11-9-18/h2-14,16H,15H2,1H3,(H,27,30). The highest BCUT2D eigenvalue weighted by molar-refractivity contribution is 5.94. The second-order valence-corrected chi connectivity index (χ2v) is 6.91. The third-order valence-electron chi connectivity index (χ3n) is 4.69. The van der Waals surface area contributed by atoms with Crippen LogP contribution in [-0.4, -0.2) is 23.0 Å². The fourth-order valence-corrected chi connectivity index (χ4v) is 3.06. The van der Waals surface area contributed by atoms with Gasteiger partial charge in [-0.1, -0.05) is 18.2 Å². The number of halogens is 1. The molecule has 0 spiro atoms. The Balaban J connectivity index is 1.44. The summed E-state index contributed by atoms with van der Waals surface area (Å²) in [6.45, 7) is 0.369. The lowest BCUT2D eigenvalue weighted by atomic mass is 10.1. The topological polar surface area (TPSA) is 73.3 Å². The Kier molecular flexibility index (Phi) is 6.36. The molecule has 32 heavy (non-hydrogen) atoms. The molecule has 160 valence electrons. The number of amides is 1. The third-order valence-corrected chi connectivity index (χ3v) is 4.69. The normalized spacial score (nSPS) is 10.4. The highest BCUT2D eigenvalue weighted by Gasteiger charge is 2.09. The third kappa shape index (κ3) is 5.26. The molecule has 0 aliphatic carbocycles. The molecule has 4 aromatic rings. The van der Waals surface area contributed by atoms with Crippen molar-refractivity contribution in [1.29, 1.82) is 0 Å². The number of hydrogen-bond donors (Lipinski definition) is 1.